The Morgan fingerprint density at radius 3 is 2.40 bits per heavy atom. The van der Waals surface area contributed by atoms with Crippen LogP contribution in [0.1, 0.15) is 0 Å². The number of nitrogens with two attached hydrogens (primary N) is 2. The molecular weight excluding hydrogens is 382 g/mol. The Balaban J connectivity index is 1.73. The molecule has 8 nitrogen and oxygen atoms in total. The van der Waals surface area contributed by atoms with E-state index in [0.29, 0.717) is 28.5 Å². The molecule has 1 aromatic heterocycles. The fourth-order valence-corrected chi connectivity index (χ4v) is 3.39. The normalized spacial score (nSPS) is 10.8. The number of hydrogen-bond donors (Lipinski definition) is 3. The van der Waals surface area contributed by atoms with Crippen molar-refractivity contribution >= 4 is 34.1 Å². The fourth-order valence-electron chi connectivity index (χ4n) is 3.39. The zero-order valence-electron chi connectivity index (χ0n) is 16.3. The maximum absolute atomic E-state index is 12.1. The molecule has 0 spiro atoms. The first kappa shape index (κ1) is 19.3. The zero-order valence-corrected chi connectivity index (χ0v) is 16.3. The van der Waals surface area contributed by atoms with E-state index >= 15 is 0 Å². The minimum Gasteiger partial charge on any atom is -0.465 e. The first-order chi connectivity index (χ1) is 14.6. The summed E-state index contributed by atoms with van der Waals surface area (Å²) < 4.78 is 10.6. The van der Waals surface area contributed by atoms with Crippen LogP contribution in [0.2, 0.25) is 0 Å². The first-order valence-electron chi connectivity index (χ1n) is 9.23. The largest absolute Gasteiger partial charge is 0.465 e. The van der Waals surface area contributed by atoms with E-state index in [4.69, 9.17) is 20.9 Å². The van der Waals surface area contributed by atoms with Crippen LogP contribution in [0.15, 0.2) is 66.7 Å². The molecule has 0 atom stereocenters. The molecule has 0 radical (unpaired) electrons. The van der Waals surface area contributed by atoms with Crippen LogP contribution in [-0.4, -0.2) is 30.1 Å². The molecule has 0 aliphatic rings. The third-order valence-corrected chi connectivity index (χ3v) is 4.71. The van der Waals surface area contributed by atoms with E-state index < -0.39 is 6.03 Å². The molecule has 5 N–H and O–H groups in total. The zero-order chi connectivity index (χ0) is 21.1. The minimum atomic E-state index is -0.560. The number of anilines is 3. The molecular formula is C22H21N5O3. The van der Waals surface area contributed by atoms with Crippen molar-refractivity contribution in [1.82, 2.24) is 10.2 Å². The van der Waals surface area contributed by atoms with Crippen molar-refractivity contribution in [2.75, 3.05) is 24.5 Å². The van der Waals surface area contributed by atoms with Gasteiger partial charge in [-0.05, 0) is 47.5 Å². The van der Waals surface area contributed by atoms with Crippen molar-refractivity contribution in [3.8, 4) is 16.9 Å². The number of carbonyl (C=O) groups is 1. The number of aromatic nitrogens is 2. The lowest BCUT2D eigenvalue weighted by molar-refractivity contribution is 0.0521. The third kappa shape index (κ3) is 3.51. The number of urea groups is 1. The van der Waals surface area contributed by atoms with Gasteiger partial charge < -0.3 is 20.9 Å². The van der Waals surface area contributed by atoms with E-state index in [-0.39, 0.29) is 6.79 Å². The molecule has 0 aliphatic carbocycles. The molecule has 1 heterocycles. The van der Waals surface area contributed by atoms with Crippen LogP contribution < -0.4 is 21.1 Å². The van der Waals surface area contributed by atoms with E-state index in [2.05, 4.69) is 10.2 Å². The highest BCUT2D eigenvalue weighted by Crippen LogP contribution is 2.37. The predicted molar refractivity (Wildman–Crippen MR) is 117 cm³/mol. The van der Waals surface area contributed by atoms with Gasteiger partial charge in [-0.1, -0.05) is 30.3 Å². The highest BCUT2D eigenvalue weighted by atomic mass is 16.7. The molecule has 0 bridgehead atoms. The number of fused-ring (bicyclic) bond motifs is 1. The molecule has 0 saturated heterocycles. The second kappa shape index (κ2) is 8.14. The number of nitrogens with one attached hydrogen (secondary N) is 1. The molecule has 4 aromatic rings. The lowest BCUT2D eigenvalue weighted by atomic mass is 10.0. The van der Waals surface area contributed by atoms with E-state index in [1.165, 1.54) is 4.90 Å². The number of H-pyrrole nitrogens is 1. The van der Waals surface area contributed by atoms with Crippen molar-refractivity contribution in [1.29, 1.82) is 0 Å². The number of hydrogen-bond acceptors (Lipinski definition) is 5. The molecule has 2 amide bonds. The van der Waals surface area contributed by atoms with Crippen LogP contribution in [0.4, 0.5) is 22.0 Å². The van der Waals surface area contributed by atoms with Gasteiger partial charge in [0.25, 0.3) is 0 Å². The van der Waals surface area contributed by atoms with Gasteiger partial charge in [-0.15, -0.1) is 0 Å². The van der Waals surface area contributed by atoms with Crippen molar-refractivity contribution in [3.63, 3.8) is 0 Å². The topological polar surface area (TPSA) is 119 Å². The molecule has 30 heavy (non-hydrogen) atoms. The van der Waals surface area contributed by atoms with Gasteiger partial charge in [-0.25, -0.2) is 4.79 Å². The summed E-state index contributed by atoms with van der Waals surface area (Å²) in [6.07, 6.45) is 0. The number of ether oxygens (including phenoxy) is 2. The van der Waals surface area contributed by atoms with E-state index in [0.717, 1.165) is 16.5 Å². The van der Waals surface area contributed by atoms with Crippen molar-refractivity contribution in [3.05, 3.63) is 66.7 Å². The number of nitrogens with zero attached hydrogens (tertiary/aromatic N) is 2. The summed E-state index contributed by atoms with van der Waals surface area (Å²) in [5, 5.41) is 7.79. The van der Waals surface area contributed by atoms with E-state index in [1.54, 1.807) is 7.11 Å². The van der Waals surface area contributed by atoms with Crippen LogP contribution in [0.3, 0.4) is 0 Å². The van der Waals surface area contributed by atoms with Crippen LogP contribution in [0.25, 0.3) is 22.0 Å². The van der Waals surface area contributed by atoms with E-state index in [1.807, 2.05) is 66.7 Å². The average molecular weight is 403 g/mol. The molecule has 0 unspecified atom stereocenters. The summed E-state index contributed by atoms with van der Waals surface area (Å²) in [6.45, 7) is 0.116. The standard InChI is InChI=1S/C22H21N5O3/c1-29-13-30-18-12-11-17(19-20(18)25-26-21(19)23)14-7-9-16(10-8-14)27(22(24)28)15-5-3-2-4-6-15/h2-12H,13H2,1H3,(H2,24,28)(H3,23,25,26). The Labute approximate surface area is 173 Å². The fraction of sp³-hybridized carbons (Fsp3) is 0.0909. The van der Waals surface area contributed by atoms with Crippen LogP contribution in [0.5, 0.6) is 5.75 Å². The maximum Gasteiger partial charge on any atom is 0.323 e. The summed E-state index contributed by atoms with van der Waals surface area (Å²) in [5.41, 5.74) is 15.6. The van der Waals surface area contributed by atoms with Gasteiger partial charge in [-0.2, -0.15) is 5.10 Å². The van der Waals surface area contributed by atoms with Gasteiger partial charge in [0.15, 0.2) is 12.6 Å². The molecule has 0 aliphatic heterocycles. The smallest absolute Gasteiger partial charge is 0.323 e. The summed E-state index contributed by atoms with van der Waals surface area (Å²) in [6, 6.07) is 19.9. The number of rotatable bonds is 6. The van der Waals surface area contributed by atoms with Crippen molar-refractivity contribution < 1.29 is 14.3 Å². The number of para-hydroxylation sites is 1. The summed E-state index contributed by atoms with van der Waals surface area (Å²) in [4.78, 5) is 13.5. The number of nitrogen functional groups attached to an aromatic ring is 1. The second-order valence-corrected chi connectivity index (χ2v) is 6.58. The van der Waals surface area contributed by atoms with Crippen molar-refractivity contribution in [2.45, 2.75) is 0 Å². The molecule has 8 heteroatoms. The Hall–Kier alpha value is -4.04. The van der Waals surface area contributed by atoms with Gasteiger partial charge >= 0.3 is 6.03 Å². The molecule has 3 aromatic carbocycles. The quantitative estimate of drug-likeness (QED) is 0.420. The first-order valence-corrected chi connectivity index (χ1v) is 9.23. The Bertz CT molecular complexity index is 1170. The molecule has 152 valence electrons. The van der Waals surface area contributed by atoms with Gasteiger partial charge in [-0.3, -0.25) is 10.00 Å². The summed E-state index contributed by atoms with van der Waals surface area (Å²) in [7, 11) is 1.55. The lowest BCUT2D eigenvalue weighted by Crippen LogP contribution is -2.31. The Kier molecular flexibility index (Phi) is 5.23. The second-order valence-electron chi connectivity index (χ2n) is 6.58. The number of benzene rings is 3. The lowest BCUT2D eigenvalue weighted by Gasteiger charge is -2.21. The van der Waals surface area contributed by atoms with Gasteiger partial charge in [0.1, 0.15) is 11.3 Å². The van der Waals surface area contributed by atoms with Gasteiger partial charge in [0.05, 0.1) is 16.8 Å². The number of carbonyl (C=O) groups excluding carboxylic acids is 1. The molecule has 4 rings (SSSR count). The number of amides is 2. The SMILES string of the molecule is COCOc1ccc(-c2ccc(N(C(N)=O)c3ccccc3)cc2)c2c(N)n[nH]c12. The maximum atomic E-state index is 12.1. The molecule has 0 fully saturated rings. The minimum absolute atomic E-state index is 0.116. The monoisotopic (exact) mass is 403 g/mol. The van der Waals surface area contributed by atoms with Crippen molar-refractivity contribution in [2.24, 2.45) is 5.73 Å². The Morgan fingerprint density at radius 2 is 1.73 bits per heavy atom. The Morgan fingerprint density at radius 1 is 1.03 bits per heavy atom. The summed E-state index contributed by atoms with van der Waals surface area (Å²) >= 11 is 0. The van der Waals surface area contributed by atoms with E-state index in [9.17, 15) is 4.79 Å². The van der Waals surface area contributed by atoms with Gasteiger partial charge in [0.2, 0.25) is 0 Å². The molecule has 0 saturated carbocycles. The average Bonchev–Trinajstić information content (AvgIpc) is 3.15. The van der Waals surface area contributed by atoms with Gasteiger partial charge in [0, 0.05) is 7.11 Å². The number of methoxy groups -OCH3 is 1. The third-order valence-electron chi connectivity index (χ3n) is 4.71. The number of aromatic amines is 1. The van der Waals surface area contributed by atoms with Crippen LogP contribution in [-0.2, 0) is 4.74 Å². The number of primary amides is 1. The highest BCUT2D eigenvalue weighted by Gasteiger charge is 2.17. The van der Waals surface area contributed by atoms with Crippen LogP contribution in [0, 0.1) is 0 Å². The highest BCUT2D eigenvalue weighted by molar-refractivity contribution is 6.04. The summed E-state index contributed by atoms with van der Waals surface area (Å²) in [5.74, 6) is 0.968. The van der Waals surface area contributed by atoms with Crippen LogP contribution >= 0.6 is 0 Å². The predicted octanol–water partition coefficient (Wildman–Crippen LogP) is 4.01.